The van der Waals surface area contributed by atoms with Crippen LogP contribution in [0.2, 0.25) is 0 Å². The average molecular weight is 380 g/mol. The lowest BCUT2D eigenvalue weighted by Crippen LogP contribution is -2.15. The third-order valence-corrected chi connectivity index (χ3v) is 4.95. The molecule has 0 aliphatic carbocycles. The lowest BCUT2D eigenvalue weighted by Gasteiger charge is -2.11. The van der Waals surface area contributed by atoms with Gasteiger partial charge in [-0.2, -0.15) is 0 Å². The average Bonchev–Trinajstić information content (AvgIpc) is 2.62. The Morgan fingerprint density at radius 2 is 1.65 bits per heavy atom. The largest absolute Gasteiger partial charge is 0.493 e. The van der Waals surface area contributed by atoms with Crippen LogP contribution in [-0.4, -0.2) is 39.4 Å². The third-order valence-electron chi connectivity index (χ3n) is 3.60. The van der Waals surface area contributed by atoms with Crippen LogP contribution in [0.1, 0.15) is 20.3 Å². The molecule has 0 spiro atoms. The molecule has 1 aromatic carbocycles. The fourth-order valence-corrected chi connectivity index (χ4v) is 3.16. The number of nitrogens with one attached hydrogen (secondary N) is 2. The van der Waals surface area contributed by atoms with Gasteiger partial charge in [-0.15, -0.1) is 10.2 Å². The van der Waals surface area contributed by atoms with Crippen molar-refractivity contribution in [2.24, 2.45) is 5.92 Å². The lowest BCUT2D eigenvalue weighted by atomic mass is 10.1. The van der Waals surface area contributed by atoms with Gasteiger partial charge >= 0.3 is 0 Å². The van der Waals surface area contributed by atoms with Gasteiger partial charge in [-0.05, 0) is 36.6 Å². The number of rotatable bonds is 9. The van der Waals surface area contributed by atoms with E-state index < -0.39 is 10.0 Å². The summed E-state index contributed by atoms with van der Waals surface area (Å²) in [5.74, 6) is 2.09. The van der Waals surface area contributed by atoms with Crippen molar-refractivity contribution in [1.82, 2.24) is 10.2 Å². The molecule has 0 aliphatic heterocycles. The summed E-state index contributed by atoms with van der Waals surface area (Å²) in [5, 5.41) is 11.0. The maximum absolute atomic E-state index is 12.5. The second kappa shape index (κ2) is 8.70. The molecule has 0 saturated heterocycles. The summed E-state index contributed by atoms with van der Waals surface area (Å²) in [5.41, 5.74) is 0. The van der Waals surface area contributed by atoms with Crippen LogP contribution in [-0.2, 0) is 10.0 Å². The summed E-state index contributed by atoms with van der Waals surface area (Å²) < 4.78 is 37.7. The molecule has 1 aromatic heterocycles. The van der Waals surface area contributed by atoms with Gasteiger partial charge in [0, 0.05) is 12.6 Å². The van der Waals surface area contributed by atoms with Crippen LogP contribution in [0.25, 0.3) is 0 Å². The zero-order chi connectivity index (χ0) is 19.2. The Hall–Kier alpha value is -2.55. The predicted molar refractivity (Wildman–Crippen MR) is 100 cm³/mol. The Balaban J connectivity index is 2.09. The Morgan fingerprint density at radius 3 is 2.23 bits per heavy atom. The molecule has 0 unspecified atom stereocenters. The number of methoxy groups -OCH3 is 2. The van der Waals surface area contributed by atoms with Crippen molar-refractivity contribution in [3.05, 3.63) is 30.3 Å². The van der Waals surface area contributed by atoms with Crippen molar-refractivity contribution >= 4 is 21.7 Å². The monoisotopic (exact) mass is 380 g/mol. The first kappa shape index (κ1) is 19.8. The summed E-state index contributed by atoms with van der Waals surface area (Å²) >= 11 is 0. The molecular weight excluding hydrogens is 356 g/mol. The highest BCUT2D eigenvalue weighted by Gasteiger charge is 2.18. The van der Waals surface area contributed by atoms with Crippen LogP contribution in [0, 0.1) is 5.92 Å². The molecule has 0 aliphatic rings. The summed E-state index contributed by atoms with van der Waals surface area (Å²) in [6, 6.07) is 7.58. The first-order valence-corrected chi connectivity index (χ1v) is 9.66. The number of benzene rings is 1. The number of sulfonamides is 1. The topological polar surface area (TPSA) is 102 Å². The van der Waals surface area contributed by atoms with Crippen LogP contribution in [0.3, 0.4) is 0 Å². The van der Waals surface area contributed by atoms with E-state index >= 15 is 0 Å². The lowest BCUT2D eigenvalue weighted by molar-refractivity contribution is 0.354. The fourth-order valence-electron chi connectivity index (χ4n) is 2.15. The molecule has 0 amide bonds. The maximum atomic E-state index is 12.5. The van der Waals surface area contributed by atoms with Gasteiger partial charge in [0.2, 0.25) is 0 Å². The molecule has 2 aromatic rings. The van der Waals surface area contributed by atoms with E-state index in [2.05, 4.69) is 34.1 Å². The number of hydrogen-bond donors (Lipinski definition) is 2. The number of nitrogens with zero attached hydrogens (tertiary/aromatic N) is 2. The van der Waals surface area contributed by atoms with Crippen molar-refractivity contribution in [2.75, 3.05) is 30.8 Å². The minimum atomic E-state index is -3.82. The minimum absolute atomic E-state index is 0.0380. The van der Waals surface area contributed by atoms with Gasteiger partial charge < -0.3 is 14.8 Å². The zero-order valence-electron chi connectivity index (χ0n) is 15.3. The van der Waals surface area contributed by atoms with Crippen LogP contribution < -0.4 is 19.5 Å². The van der Waals surface area contributed by atoms with E-state index in [0.29, 0.717) is 23.2 Å². The molecule has 0 atom stereocenters. The van der Waals surface area contributed by atoms with E-state index in [9.17, 15) is 8.42 Å². The van der Waals surface area contributed by atoms with E-state index in [1.165, 1.54) is 32.4 Å². The zero-order valence-corrected chi connectivity index (χ0v) is 16.1. The van der Waals surface area contributed by atoms with Crippen LogP contribution in [0.15, 0.2) is 35.2 Å². The maximum Gasteiger partial charge on any atom is 0.263 e. The van der Waals surface area contributed by atoms with Crippen molar-refractivity contribution in [2.45, 2.75) is 25.2 Å². The van der Waals surface area contributed by atoms with E-state index in [1.54, 1.807) is 12.1 Å². The van der Waals surface area contributed by atoms with E-state index in [4.69, 9.17) is 9.47 Å². The summed E-state index contributed by atoms with van der Waals surface area (Å²) in [6.45, 7) is 5.06. The molecule has 8 nitrogen and oxygen atoms in total. The first-order chi connectivity index (χ1) is 12.4. The third kappa shape index (κ3) is 5.22. The van der Waals surface area contributed by atoms with Crippen LogP contribution >= 0.6 is 0 Å². The van der Waals surface area contributed by atoms with Crippen molar-refractivity contribution in [3.63, 3.8) is 0 Å². The van der Waals surface area contributed by atoms with Crippen molar-refractivity contribution in [1.29, 1.82) is 0 Å². The highest BCUT2D eigenvalue weighted by molar-refractivity contribution is 7.92. The van der Waals surface area contributed by atoms with Gasteiger partial charge in [0.15, 0.2) is 17.3 Å². The Labute approximate surface area is 154 Å². The van der Waals surface area contributed by atoms with E-state index in [1.807, 2.05) is 0 Å². The Kier molecular flexibility index (Phi) is 6.62. The molecule has 2 rings (SSSR count). The Morgan fingerprint density at radius 1 is 1.00 bits per heavy atom. The second-order valence-electron chi connectivity index (χ2n) is 6.04. The minimum Gasteiger partial charge on any atom is -0.493 e. The molecule has 2 N–H and O–H groups in total. The van der Waals surface area contributed by atoms with Gasteiger partial charge in [0.1, 0.15) is 5.82 Å². The number of aromatic nitrogens is 2. The van der Waals surface area contributed by atoms with Crippen LogP contribution in [0.4, 0.5) is 11.6 Å². The van der Waals surface area contributed by atoms with Gasteiger partial charge in [-0.3, -0.25) is 4.72 Å². The molecule has 0 bridgehead atoms. The summed E-state index contributed by atoms with van der Waals surface area (Å²) in [4.78, 5) is 0.0380. The highest BCUT2D eigenvalue weighted by atomic mass is 32.2. The normalized spacial score (nSPS) is 11.3. The Bertz CT molecular complexity index is 823. The quantitative estimate of drug-likeness (QED) is 0.689. The smallest absolute Gasteiger partial charge is 0.263 e. The molecule has 9 heteroatoms. The molecule has 26 heavy (non-hydrogen) atoms. The fraction of sp³-hybridized carbons (Fsp3) is 0.412. The molecule has 1 heterocycles. The predicted octanol–water partition coefficient (Wildman–Crippen LogP) is 2.75. The first-order valence-electron chi connectivity index (χ1n) is 8.18. The number of anilines is 2. The van der Waals surface area contributed by atoms with Crippen molar-refractivity contribution in [3.8, 4) is 11.5 Å². The SMILES string of the molecule is COc1ccc(S(=O)(=O)Nc2ccc(NCCC(C)C)nn2)cc1OC. The van der Waals surface area contributed by atoms with Gasteiger partial charge in [-0.1, -0.05) is 13.8 Å². The molecule has 0 radical (unpaired) electrons. The number of ether oxygens (including phenoxy) is 2. The van der Waals surface area contributed by atoms with E-state index in [0.717, 1.165) is 13.0 Å². The standard InChI is InChI=1S/C17H24N4O4S/c1-12(2)9-10-18-16-7-8-17(20-19-16)21-26(22,23)13-5-6-14(24-3)15(11-13)25-4/h5-8,11-12H,9-10H2,1-4H3,(H,18,19)(H,20,21). The second-order valence-corrected chi connectivity index (χ2v) is 7.72. The van der Waals surface area contributed by atoms with Gasteiger partial charge in [0.25, 0.3) is 10.0 Å². The number of hydrogen-bond acceptors (Lipinski definition) is 7. The molecule has 0 fully saturated rings. The van der Waals surface area contributed by atoms with Gasteiger partial charge in [0.05, 0.1) is 19.1 Å². The molecular formula is C17H24N4O4S. The van der Waals surface area contributed by atoms with Gasteiger partial charge in [-0.25, -0.2) is 8.42 Å². The van der Waals surface area contributed by atoms with E-state index in [-0.39, 0.29) is 10.7 Å². The van der Waals surface area contributed by atoms with Crippen molar-refractivity contribution < 1.29 is 17.9 Å². The summed E-state index contributed by atoms with van der Waals surface area (Å²) in [6.07, 6.45) is 1.01. The molecule has 142 valence electrons. The summed E-state index contributed by atoms with van der Waals surface area (Å²) in [7, 11) is -0.895. The van der Waals surface area contributed by atoms with Crippen LogP contribution in [0.5, 0.6) is 11.5 Å². The highest BCUT2D eigenvalue weighted by Crippen LogP contribution is 2.29. The molecule has 0 saturated carbocycles.